The van der Waals surface area contributed by atoms with Crippen molar-refractivity contribution in [2.24, 2.45) is 0 Å². The Hall–Kier alpha value is 1.46. The second-order valence-corrected chi connectivity index (χ2v) is 6.35. The third kappa shape index (κ3) is 17.5. The summed E-state index contributed by atoms with van der Waals surface area (Å²) >= 11 is 0. The average Bonchev–Trinajstić information content (AvgIpc) is 2.38. The van der Waals surface area contributed by atoms with Crippen molar-refractivity contribution in [1.82, 2.24) is 0 Å². The van der Waals surface area contributed by atoms with Crippen molar-refractivity contribution in [3.63, 3.8) is 0 Å². The summed E-state index contributed by atoms with van der Waals surface area (Å²) in [5.41, 5.74) is 0. The Morgan fingerprint density at radius 2 is 1.10 bits per heavy atom. The van der Waals surface area contributed by atoms with Gasteiger partial charge in [-0.2, -0.15) is 0 Å². The maximum atomic E-state index is 11.4. The van der Waals surface area contributed by atoms with E-state index in [4.69, 9.17) is 9.05 Å². The Labute approximate surface area is 157 Å². The van der Waals surface area contributed by atoms with Crippen molar-refractivity contribution in [1.29, 1.82) is 0 Å². The molecule has 4 nitrogen and oxygen atoms in total. The molecule has 0 aliphatic carbocycles. The molecule has 0 N–H and O–H groups in total. The minimum absolute atomic E-state index is 0. The molecule has 0 aliphatic heterocycles. The molecule has 0 amide bonds. The number of phosphoric ester groups is 1. The number of rotatable bonds is 14. The van der Waals surface area contributed by atoms with Crippen LogP contribution in [0, 0.1) is 40.8 Å². The smallest absolute Gasteiger partial charge is 0.756 e. The topological polar surface area (TPSA) is 58.6 Å². The van der Waals surface area contributed by atoms with Crippen LogP contribution in [-0.2, 0) is 13.6 Å². The third-order valence-corrected chi connectivity index (χ3v) is 3.99. The van der Waals surface area contributed by atoms with Gasteiger partial charge < -0.3 is 13.9 Å². The summed E-state index contributed by atoms with van der Waals surface area (Å²) in [6, 6.07) is 0. The fraction of sp³-hybridized carbons (Fsp3) is 1.00. The van der Waals surface area contributed by atoms with Crippen molar-refractivity contribution in [2.45, 2.75) is 78.1 Å². The van der Waals surface area contributed by atoms with Gasteiger partial charge in [-0.3, -0.25) is 4.57 Å². The van der Waals surface area contributed by atoms with Crippen LogP contribution < -0.4 is 4.89 Å². The molecule has 0 aromatic heterocycles. The zero-order valence-electron chi connectivity index (χ0n) is 13.1. The maximum Gasteiger partial charge on any atom is 1.00 e. The molecule has 1 radical (unpaired) electrons. The number of hydrogen-bond acceptors (Lipinski definition) is 4. The van der Waals surface area contributed by atoms with Gasteiger partial charge in [-0.15, -0.1) is 0 Å². The van der Waals surface area contributed by atoms with Crippen LogP contribution in [0.2, 0.25) is 0 Å². The second-order valence-electron chi connectivity index (χ2n) is 4.94. The van der Waals surface area contributed by atoms with Gasteiger partial charge in [0.15, 0.2) is 0 Å². The van der Waals surface area contributed by atoms with Crippen molar-refractivity contribution in [2.75, 3.05) is 13.2 Å². The Morgan fingerprint density at radius 3 is 1.45 bits per heavy atom. The van der Waals surface area contributed by atoms with E-state index in [-0.39, 0.29) is 54.1 Å². The van der Waals surface area contributed by atoms with Crippen LogP contribution in [0.1, 0.15) is 78.1 Å². The SMILES string of the molecule is CCCCCCCOP(=O)([O-])OCCCCCCC.[Nd+]. The minimum atomic E-state index is -4.05. The van der Waals surface area contributed by atoms with Gasteiger partial charge in [0.1, 0.15) is 0 Å². The molecule has 0 spiro atoms. The molecule has 0 fully saturated rings. The van der Waals surface area contributed by atoms with E-state index in [1.807, 2.05) is 0 Å². The Balaban J connectivity index is 0. The quantitative estimate of drug-likeness (QED) is 0.298. The van der Waals surface area contributed by atoms with Crippen molar-refractivity contribution in [3.05, 3.63) is 0 Å². The molecule has 0 aromatic carbocycles. The molecule has 0 aliphatic rings. The molecule has 119 valence electrons. The summed E-state index contributed by atoms with van der Waals surface area (Å²) in [6.07, 6.45) is 10.6. The summed E-state index contributed by atoms with van der Waals surface area (Å²) in [4.78, 5) is 11.4. The standard InChI is InChI=1S/C14H31O4P.Nd/c1-3-5-7-9-11-13-17-19(15,16)18-14-12-10-8-6-4-2;/h3-14H2,1-2H3,(H,15,16);/q;+1/p-1. The molecule has 0 atom stereocenters. The summed E-state index contributed by atoms with van der Waals surface area (Å²) in [7, 11) is -4.05. The normalized spacial score (nSPS) is 11.3. The molecule has 0 aromatic rings. The summed E-state index contributed by atoms with van der Waals surface area (Å²) in [6.45, 7) is 4.80. The molecule has 0 bridgehead atoms. The maximum absolute atomic E-state index is 11.4. The third-order valence-electron chi connectivity index (χ3n) is 2.99. The fourth-order valence-corrected chi connectivity index (χ4v) is 2.58. The van der Waals surface area contributed by atoms with E-state index in [1.165, 1.54) is 25.7 Å². The summed E-state index contributed by atoms with van der Waals surface area (Å²) in [5.74, 6) is 0. The molecular weight excluding hydrogens is 407 g/mol. The minimum Gasteiger partial charge on any atom is -0.756 e. The van der Waals surface area contributed by atoms with Crippen LogP contribution in [0.4, 0.5) is 0 Å². The molecule has 0 saturated heterocycles. The van der Waals surface area contributed by atoms with Gasteiger partial charge in [0.05, 0.1) is 13.2 Å². The number of phosphoric acid groups is 1. The van der Waals surface area contributed by atoms with E-state index in [0.29, 0.717) is 0 Å². The van der Waals surface area contributed by atoms with Gasteiger partial charge in [-0.05, 0) is 12.8 Å². The van der Waals surface area contributed by atoms with Crippen molar-refractivity contribution < 1.29 is 59.3 Å². The van der Waals surface area contributed by atoms with Crippen molar-refractivity contribution >= 4 is 7.82 Å². The van der Waals surface area contributed by atoms with E-state index in [2.05, 4.69) is 13.8 Å². The Bertz CT molecular complexity index is 219. The van der Waals surface area contributed by atoms with E-state index >= 15 is 0 Å². The zero-order valence-corrected chi connectivity index (χ0v) is 17.2. The van der Waals surface area contributed by atoms with Crippen LogP contribution >= 0.6 is 7.82 Å². The summed E-state index contributed by atoms with van der Waals surface area (Å²) < 4.78 is 21.0. The number of unbranched alkanes of at least 4 members (excludes halogenated alkanes) is 8. The molecule has 6 heteroatoms. The summed E-state index contributed by atoms with van der Waals surface area (Å²) in [5, 5.41) is 0. The van der Waals surface area contributed by atoms with Crippen molar-refractivity contribution in [3.8, 4) is 0 Å². The van der Waals surface area contributed by atoms with Gasteiger partial charge >= 0.3 is 40.8 Å². The predicted molar refractivity (Wildman–Crippen MR) is 77.0 cm³/mol. The average molecular weight is 438 g/mol. The van der Waals surface area contributed by atoms with Crippen LogP contribution in [0.3, 0.4) is 0 Å². The van der Waals surface area contributed by atoms with Gasteiger partial charge in [-0.1, -0.05) is 65.2 Å². The monoisotopic (exact) mass is 435 g/mol. The van der Waals surface area contributed by atoms with Gasteiger partial charge in [0.2, 0.25) is 0 Å². The Kier molecular flexibility index (Phi) is 20.0. The Morgan fingerprint density at radius 1 is 0.750 bits per heavy atom. The molecule has 0 saturated carbocycles. The zero-order chi connectivity index (χ0) is 14.4. The fourth-order valence-electron chi connectivity index (χ4n) is 1.80. The number of hydrogen-bond donors (Lipinski definition) is 0. The van der Waals surface area contributed by atoms with Gasteiger partial charge in [0, 0.05) is 0 Å². The first-order valence-corrected chi connectivity index (χ1v) is 9.18. The van der Waals surface area contributed by atoms with E-state index in [9.17, 15) is 9.46 Å². The van der Waals surface area contributed by atoms with Gasteiger partial charge in [0.25, 0.3) is 7.82 Å². The van der Waals surface area contributed by atoms with Crippen LogP contribution in [0.5, 0.6) is 0 Å². The first-order chi connectivity index (χ1) is 9.12. The largest absolute Gasteiger partial charge is 1.00 e. The first kappa shape index (κ1) is 23.7. The van der Waals surface area contributed by atoms with E-state index < -0.39 is 7.82 Å². The van der Waals surface area contributed by atoms with Crippen LogP contribution in [0.25, 0.3) is 0 Å². The molecular formula is C14H30NdO4P. The molecule has 0 unspecified atom stereocenters. The second kappa shape index (κ2) is 16.8. The molecule has 0 rings (SSSR count). The van der Waals surface area contributed by atoms with E-state index in [1.54, 1.807) is 0 Å². The first-order valence-electron chi connectivity index (χ1n) is 7.72. The van der Waals surface area contributed by atoms with Crippen LogP contribution in [0.15, 0.2) is 0 Å². The molecule has 0 heterocycles. The van der Waals surface area contributed by atoms with E-state index in [0.717, 1.165) is 38.5 Å². The molecule has 20 heavy (non-hydrogen) atoms. The van der Waals surface area contributed by atoms with Crippen LogP contribution in [-0.4, -0.2) is 13.2 Å². The predicted octanol–water partition coefficient (Wildman–Crippen LogP) is 4.43. The van der Waals surface area contributed by atoms with Gasteiger partial charge in [-0.25, -0.2) is 0 Å².